The molecule has 19 heavy (non-hydrogen) atoms. The molecule has 1 aromatic heterocycles. The van der Waals surface area contributed by atoms with Crippen molar-refractivity contribution >= 4 is 11.1 Å². The molecule has 0 aliphatic rings. The van der Waals surface area contributed by atoms with E-state index in [9.17, 15) is 13.2 Å². The fourth-order valence-electron chi connectivity index (χ4n) is 1.88. The number of hydrogen-bond acceptors (Lipinski definition) is 2. The minimum atomic E-state index is -4.44. The molecule has 0 saturated heterocycles. The first kappa shape index (κ1) is 11.8. The zero-order valence-corrected chi connectivity index (χ0v) is 9.61. The van der Waals surface area contributed by atoms with Crippen molar-refractivity contribution in [2.75, 3.05) is 0 Å². The van der Waals surface area contributed by atoms with Crippen LogP contribution < -0.4 is 0 Å². The summed E-state index contributed by atoms with van der Waals surface area (Å²) in [6.45, 7) is 0. The summed E-state index contributed by atoms with van der Waals surface area (Å²) < 4.78 is 43.9. The van der Waals surface area contributed by atoms with Gasteiger partial charge in [-0.25, -0.2) is 4.98 Å². The zero-order chi connectivity index (χ0) is 13.5. The summed E-state index contributed by atoms with van der Waals surface area (Å²) in [6.07, 6.45) is -4.44. The topological polar surface area (TPSA) is 26.0 Å². The lowest BCUT2D eigenvalue weighted by Crippen LogP contribution is -2.05. The number of fused-ring (bicyclic) bond motifs is 1. The number of benzene rings is 2. The number of nitrogens with zero attached hydrogens (tertiary/aromatic N) is 1. The van der Waals surface area contributed by atoms with E-state index in [4.69, 9.17) is 4.42 Å². The second-order valence-corrected chi connectivity index (χ2v) is 4.04. The molecule has 5 heteroatoms. The van der Waals surface area contributed by atoms with Gasteiger partial charge in [-0.3, -0.25) is 0 Å². The molecule has 0 fully saturated rings. The van der Waals surface area contributed by atoms with E-state index in [0.717, 1.165) is 6.07 Å². The van der Waals surface area contributed by atoms with Crippen molar-refractivity contribution in [3.8, 4) is 11.5 Å². The molecule has 0 aliphatic carbocycles. The Hall–Kier alpha value is -2.30. The molecule has 0 amide bonds. The SMILES string of the molecule is FC(F)(F)c1cccc2oc(-c3ccccc3)nc12. The lowest BCUT2D eigenvalue weighted by molar-refractivity contribution is -0.136. The second kappa shape index (κ2) is 4.12. The zero-order valence-electron chi connectivity index (χ0n) is 9.61. The first-order valence-corrected chi connectivity index (χ1v) is 5.58. The van der Waals surface area contributed by atoms with Gasteiger partial charge in [0.25, 0.3) is 0 Å². The van der Waals surface area contributed by atoms with Crippen LogP contribution in [0, 0.1) is 0 Å². The first-order valence-electron chi connectivity index (χ1n) is 5.58. The van der Waals surface area contributed by atoms with Gasteiger partial charge in [0.15, 0.2) is 5.58 Å². The van der Waals surface area contributed by atoms with Crippen molar-refractivity contribution < 1.29 is 17.6 Å². The predicted octanol–water partition coefficient (Wildman–Crippen LogP) is 4.51. The van der Waals surface area contributed by atoms with Crippen molar-refractivity contribution in [1.29, 1.82) is 0 Å². The largest absolute Gasteiger partial charge is 0.436 e. The summed E-state index contributed by atoms with van der Waals surface area (Å²) in [5.74, 6) is 0.187. The van der Waals surface area contributed by atoms with Gasteiger partial charge in [-0.2, -0.15) is 13.2 Å². The molecule has 0 radical (unpaired) electrons. The third kappa shape index (κ3) is 2.07. The van der Waals surface area contributed by atoms with Crippen molar-refractivity contribution in [3.05, 3.63) is 54.1 Å². The summed E-state index contributed by atoms with van der Waals surface area (Å²) in [7, 11) is 0. The quantitative estimate of drug-likeness (QED) is 0.645. The molecule has 2 nitrogen and oxygen atoms in total. The van der Waals surface area contributed by atoms with Gasteiger partial charge >= 0.3 is 6.18 Å². The monoisotopic (exact) mass is 263 g/mol. The van der Waals surface area contributed by atoms with Gasteiger partial charge in [-0.15, -0.1) is 0 Å². The Morgan fingerprint density at radius 2 is 1.63 bits per heavy atom. The number of para-hydroxylation sites is 1. The van der Waals surface area contributed by atoms with Crippen LogP contribution in [0.15, 0.2) is 52.9 Å². The highest BCUT2D eigenvalue weighted by molar-refractivity contribution is 5.80. The van der Waals surface area contributed by atoms with Crippen LogP contribution in [-0.2, 0) is 6.18 Å². The molecule has 0 spiro atoms. The van der Waals surface area contributed by atoms with Crippen molar-refractivity contribution in [2.45, 2.75) is 6.18 Å². The number of aromatic nitrogens is 1. The molecule has 0 saturated carbocycles. The lowest BCUT2D eigenvalue weighted by Gasteiger charge is -2.05. The molecule has 0 atom stereocenters. The van der Waals surface area contributed by atoms with E-state index in [1.807, 2.05) is 6.07 Å². The van der Waals surface area contributed by atoms with E-state index < -0.39 is 11.7 Å². The highest BCUT2D eigenvalue weighted by atomic mass is 19.4. The van der Waals surface area contributed by atoms with Crippen molar-refractivity contribution in [1.82, 2.24) is 4.98 Å². The van der Waals surface area contributed by atoms with Crippen molar-refractivity contribution in [2.24, 2.45) is 0 Å². The number of hydrogen-bond donors (Lipinski definition) is 0. The van der Waals surface area contributed by atoms with Gasteiger partial charge in [0.1, 0.15) is 5.52 Å². The number of halogens is 3. The molecule has 0 aliphatic heterocycles. The second-order valence-electron chi connectivity index (χ2n) is 4.04. The van der Waals surface area contributed by atoms with Crippen LogP contribution in [0.5, 0.6) is 0 Å². The molecular weight excluding hydrogens is 255 g/mol. The van der Waals surface area contributed by atoms with Gasteiger partial charge in [0, 0.05) is 5.56 Å². The van der Waals surface area contributed by atoms with Crippen LogP contribution in [-0.4, -0.2) is 4.98 Å². The molecule has 2 aromatic carbocycles. The van der Waals surface area contributed by atoms with E-state index in [1.54, 1.807) is 24.3 Å². The Bertz CT molecular complexity index is 716. The third-order valence-electron chi connectivity index (χ3n) is 2.75. The maximum Gasteiger partial charge on any atom is 0.418 e. The fourth-order valence-corrected chi connectivity index (χ4v) is 1.88. The van der Waals surface area contributed by atoms with Crippen LogP contribution in [0.1, 0.15) is 5.56 Å². The molecule has 0 bridgehead atoms. The molecule has 96 valence electrons. The summed E-state index contributed by atoms with van der Waals surface area (Å²) in [5.41, 5.74) is -0.162. The summed E-state index contributed by atoms with van der Waals surface area (Å²) in [5, 5.41) is 0. The maximum atomic E-state index is 12.8. The van der Waals surface area contributed by atoms with Crippen LogP contribution in [0.4, 0.5) is 13.2 Å². The normalized spacial score (nSPS) is 11.9. The summed E-state index contributed by atoms with van der Waals surface area (Å²) in [4.78, 5) is 3.96. The molecular formula is C14H8F3NO. The minimum absolute atomic E-state index is 0.133. The number of alkyl halides is 3. The Labute approximate surface area is 106 Å². The van der Waals surface area contributed by atoms with E-state index >= 15 is 0 Å². The molecule has 3 aromatic rings. The van der Waals surface area contributed by atoms with E-state index in [2.05, 4.69) is 4.98 Å². The van der Waals surface area contributed by atoms with Gasteiger partial charge in [0.05, 0.1) is 5.56 Å². The Kier molecular flexibility index (Phi) is 2.55. The van der Waals surface area contributed by atoms with Crippen molar-refractivity contribution in [3.63, 3.8) is 0 Å². The van der Waals surface area contributed by atoms with E-state index in [1.165, 1.54) is 12.1 Å². The van der Waals surface area contributed by atoms with Crippen LogP contribution in [0.3, 0.4) is 0 Å². The highest BCUT2D eigenvalue weighted by Gasteiger charge is 2.34. The Morgan fingerprint density at radius 1 is 0.895 bits per heavy atom. The predicted molar refractivity (Wildman–Crippen MR) is 64.4 cm³/mol. The average molecular weight is 263 g/mol. The third-order valence-corrected chi connectivity index (χ3v) is 2.75. The first-order chi connectivity index (χ1) is 9.05. The smallest absolute Gasteiger partial charge is 0.418 e. The minimum Gasteiger partial charge on any atom is -0.436 e. The Morgan fingerprint density at radius 3 is 2.32 bits per heavy atom. The standard InChI is InChI=1S/C14H8F3NO/c15-14(16,17)10-7-4-8-11-12(10)18-13(19-11)9-5-2-1-3-6-9/h1-8H. The van der Waals surface area contributed by atoms with E-state index in [-0.39, 0.29) is 17.0 Å². The number of oxazole rings is 1. The van der Waals surface area contributed by atoms with Gasteiger partial charge < -0.3 is 4.42 Å². The van der Waals surface area contributed by atoms with Gasteiger partial charge in [-0.05, 0) is 24.3 Å². The van der Waals surface area contributed by atoms with Gasteiger partial charge in [-0.1, -0.05) is 24.3 Å². The molecule has 3 rings (SSSR count). The van der Waals surface area contributed by atoms with Crippen LogP contribution >= 0.6 is 0 Å². The van der Waals surface area contributed by atoms with Crippen LogP contribution in [0.2, 0.25) is 0 Å². The Balaban J connectivity index is 2.22. The molecule has 0 unspecified atom stereocenters. The lowest BCUT2D eigenvalue weighted by atomic mass is 10.2. The molecule has 0 N–H and O–H groups in total. The van der Waals surface area contributed by atoms with Gasteiger partial charge in [0.2, 0.25) is 5.89 Å². The van der Waals surface area contributed by atoms with Crippen LogP contribution in [0.25, 0.3) is 22.6 Å². The average Bonchev–Trinajstić information content (AvgIpc) is 2.82. The molecule has 1 heterocycles. The summed E-state index contributed by atoms with van der Waals surface area (Å²) >= 11 is 0. The number of rotatable bonds is 1. The highest BCUT2D eigenvalue weighted by Crippen LogP contribution is 2.35. The maximum absolute atomic E-state index is 12.8. The fraction of sp³-hybridized carbons (Fsp3) is 0.0714. The summed E-state index contributed by atoms with van der Waals surface area (Å²) in [6, 6.07) is 12.6. The van der Waals surface area contributed by atoms with E-state index in [0.29, 0.717) is 5.56 Å².